The van der Waals surface area contributed by atoms with Crippen LogP contribution < -0.4 is 10.2 Å². The molecule has 0 atom stereocenters. The molecule has 0 saturated carbocycles. The Morgan fingerprint density at radius 1 is 0.907 bits per heavy atom. The highest BCUT2D eigenvalue weighted by Crippen LogP contribution is 2.39. The molecule has 0 fully saturated rings. The molecule has 9 heteroatoms. The fourth-order valence-electron chi connectivity index (χ4n) is 4.89. The molecule has 0 aliphatic rings. The standard InChI is InChI=1S/C34H22Br2ClN3O3/c1-19-10-12-21(13-11-19)34(42)43-32-22(16-23(35)17-27(32)36)18-38-40-33(41)31-29(25-8-4-5-9-28(25)37)26-15-14-20-6-2-3-7-24(20)30(26)39-31/h2-18,39H,1H3,(H,40,41). The van der Waals surface area contributed by atoms with Gasteiger partial charge in [-0.15, -0.1) is 0 Å². The van der Waals surface area contributed by atoms with Gasteiger partial charge in [0.25, 0.3) is 5.91 Å². The zero-order chi connectivity index (χ0) is 30.1. The van der Waals surface area contributed by atoms with Crippen molar-refractivity contribution in [3.05, 3.63) is 133 Å². The van der Waals surface area contributed by atoms with Crippen LogP contribution in [0.1, 0.15) is 32.0 Å². The van der Waals surface area contributed by atoms with Crippen molar-refractivity contribution in [3.8, 4) is 16.9 Å². The number of aromatic nitrogens is 1. The lowest BCUT2D eigenvalue weighted by molar-refractivity contribution is 0.0733. The van der Waals surface area contributed by atoms with Crippen LogP contribution in [0.2, 0.25) is 5.02 Å². The number of hydrogen-bond donors (Lipinski definition) is 2. The first-order valence-corrected chi connectivity index (χ1v) is 15.2. The zero-order valence-corrected chi connectivity index (χ0v) is 26.5. The Morgan fingerprint density at radius 3 is 2.44 bits per heavy atom. The first kappa shape index (κ1) is 28.9. The van der Waals surface area contributed by atoms with Crippen LogP contribution in [0.3, 0.4) is 0 Å². The van der Waals surface area contributed by atoms with Crippen molar-refractivity contribution >= 4 is 83.2 Å². The Labute approximate surface area is 269 Å². The van der Waals surface area contributed by atoms with Crippen molar-refractivity contribution in [2.45, 2.75) is 6.92 Å². The van der Waals surface area contributed by atoms with Gasteiger partial charge in [0.15, 0.2) is 5.75 Å². The fraction of sp³-hybridized carbons (Fsp3) is 0.0294. The third-order valence-electron chi connectivity index (χ3n) is 6.96. The fourth-order valence-corrected chi connectivity index (χ4v) is 6.46. The van der Waals surface area contributed by atoms with E-state index in [0.29, 0.717) is 31.9 Å². The molecule has 0 aliphatic carbocycles. The van der Waals surface area contributed by atoms with Gasteiger partial charge in [-0.3, -0.25) is 4.79 Å². The molecule has 43 heavy (non-hydrogen) atoms. The molecule has 0 saturated heterocycles. The van der Waals surface area contributed by atoms with Crippen molar-refractivity contribution < 1.29 is 14.3 Å². The zero-order valence-electron chi connectivity index (χ0n) is 22.6. The number of esters is 1. The second kappa shape index (κ2) is 12.2. The number of nitrogens with zero attached hydrogens (tertiary/aromatic N) is 1. The average molecular weight is 716 g/mol. The number of fused-ring (bicyclic) bond motifs is 3. The van der Waals surface area contributed by atoms with Crippen LogP contribution in [0, 0.1) is 6.92 Å². The van der Waals surface area contributed by atoms with Crippen LogP contribution in [-0.2, 0) is 0 Å². The Kier molecular flexibility index (Phi) is 8.17. The molecule has 0 bridgehead atoms. The van der Waals surface area contributed by atoms with E-state index in [-0.39, 0.29) is 5.75 Å². The summed E-state index contributed by atoms with van der Waals surface area (Å²) in [5, 5.41) is 7.64. The van der Waals surface area contributed by atoms with Crippen molar-refractivity contribution in [1.29, 1.82) is 0 Å². The Hall–Kier alpha value is -4.24. The van der Waals surface area contributed by atoms with Gasteiger partial charge in [-0.2, -0.15) is 5.10 Å². The third-order valence-corrected chi connectivity index (χ3v) is 8.33. The summed E-state index contributed by atoms with van der Waals surface area (Å²) >= 11 is 13.6. The number of rotatable bonds is 6. The number of amides is 1. The molecule has 1 aromatic heterocycles. The molecule has 0 aliphatic heterocycles. The van der Waals surface area contributed by atoms with E-state index in [1.54, 1.807) is 30.3 Å². The minimum atomic E-state index is -0.517. The quantitative estimate of drug-likeness (QED) is 0.0780. The number of carbonyl (C=O) groups excluding carboxylic acids is 2. The largest absolute Gasteiger partial charge is 0.421 e. The summed E-state index contributed by atoms with van der Waals surface area (Å²) in [6.07, 6.45) is 1.43. The van der Waals surface area contributed by atoms with Gasteiger partial charge in [-0.05, 0) is 58.6 Å². The molecule has 212 valence electrons. The smallest absolute Gasteiger partial charge is 0.343 e. The third kappa shape index (κ3) is 5.86. The molecule has 1 amide bonds. The number of aryl methyl sites for hydroxylation is 1. The highest BCUT2D eigenvalue weighted by atomic mass is 79.9. The van der Waals surface area contributed by atoms with Gasteiger partial charge in [-0.1, -0.05) is 99.8 Å². The highest BCUT2D eigenvalue weighted by molar-refractivity contribution is 9.11. The van der Waals surface area contributed by atoms with Gasteiger partial charge in [0.05, 0.1) is 21.8 Å². The van der Waals surface area contributed by atoms with Crippen molar-refractivity contribution in [3.63, 3.8) is 0 Å². The second-order valence-electron chi connectivity index (χ2n) is 9.82. The Morgan fingerprint density at radius 2 is 1.65 bits per heavy atom. The molecular weight excluding hydrogens is 694 g/mol. The average Bonchev–Trinajstić information content (AvgIpc) is 3.39. The normalized spacial score (nSPS) is 11.3. The second-order valence-corrected chi connectivity index (χ2v) is 12.0. The Balaban J connectivity index is 1.35. The minimum Gasteiger partial charge on any atom is -0.421 e. The highest BCUT2D eigenvalue weighted by Gasteiger charge is 2.22. The van der Waals surface area contributed by atoms with E-state index in [1.807, 2.05) is 73.7 Å². The van der Waals surface area contributed by atoms with Gasteiger partial charge in [0.1, 0.15) is 5.69 Å². The lowest BCUT2D eigenvalue weighted by Crippen LogP contribution is -2.19. The van der Waals surface area contributed by atoms with Gasteiger partial charge >= 0.3 is 5.97 Å². The van der Waals surface area contributed by atoms with E-state index in [2.05, 4.69) is 47.4 Å². The lowest BCUT2D eigenvalue weighted by atomic mass is 9.99. The number of H-pyrrole nitrogens is 1. The number of benzene rings is 5. The van der Waals surface area contributed by atoms with Gasteiger partial charge in [-0.25, -0.2) is 10.2 Å². The van der Waals surface area contributed by atoms with Crippen LogP contribution in [-0.4, -0.2) is 23.1 Å². The number of hydrazone groups is 1. The maximum absolute atomic E-state index is 13.7. The number of ether oxygens (including phenoxy) is 1. The summed E-state index contributed by atoms with van der Waals surface area (Å²) < 4.78 is 7.01. The first-order chi connectivity index (χ1) is 20.8. The Bertz CT molecular complexity index is 2070. The number of aromatic amines is 1. The van der Waals surface area contributed by atoms with Crippen LogP contribution in [0.5, 0.6) is 5.75 Å². The number of nitrogens with one attached hydrogen (secondary N) is 2. The molecule has 0 spiro atoms. The summed E-state index contributed by atoms with van der Waals surface area (Å²) in [4.78, 5) is 29.9. The van der Waals surface area contributed by atoms with E-state index in [9.17, 15) is 9.59 Å². The van der Waals surface area contributed by atoms with E-state index in [4.69, 9.17) is 16.3 Å². The van der Waals surface area contributed by atoms with Gasteiger partial charge in [0.2, 0.25) is 0 Å². The molecular formula is C34H22Br2ClN3O3. The maximum atomic E-state index is 13.7. The predicted octanol–water partition coefficient (Wildman–Crippen LogP) is 9.46. The molecule has 5 aromatic carbocycles. The van der Waals surface area contributed by atoms with E-state index in [1.165, 1.54) is 6.21 Å². The van der Waals surface area contributed by atoms with Crippen LogP contribution >= 0.6 is 43.5 Å². The summed E-state index contributed by atoms with van der Waals surface area (Å²) in [5.41, 5.74) is 7.08. The monoisotopic (exact) mass is 713 g/mol. The molecule has 6 rings (SSSR count). The maximum Gasteiger partial charge on any atom is 0.343 e. The summed E-state index contributed by atoms with van der Waals surface area (Å²) in [7, 11) is 0. The SMILES string of the molecule is Cc1ccc(C(=O)Oc2c(Br)cc(Br)cc2C=NNC(=O)c2[nH]c3c(ccc4ccccc43)c2-c2ccccc2Cl)cc1. The van der Waals surface area contributed by atoms with Crippen LogP contribution in [0.15, 0.2) is 111 Å². The van der Waals surface area contributed by atoms with E-state index >= 15 is 0 Å². The topological polar surface area (TPSA) is 83.5 Å². The number of hydrogen-bond acceptors (Lipinski definition) is 4. The van der Waals surface area contributed by atoms with E-state index in [0.717, 1.165) is 37.3 Å². The first-order valence-electron chi connectivity index (χ1n) is 13.2. The molecule has 2 N–H and O–H groups in total. The molecule has 6 nitrogen and oxygen atoms in total. The van der Waals surface area contributed by atoms with Gasteiger partial charge < -0.3 is 9.72 Å². The molecule has 6 aromatic rings. The molecule has 1 heterocycles. The lowest BCUT2D eigenvalue weighted by Gasteiger charge is -2.11. The predicted molar refractivity (Wildman–Crippen MR) is 179 cm³/mol. The molecule has 0 radical (unpaired) electrons. The van der Waals surface area contributed by atoms with Gasteiger partial charge in [0, 0.05) is 37.0 Å². The van der Waals surface area contributed by atoms with Crippen LogP contribution in [0.25, 0.3) is 32.8 Å². The van der Waals surface area contributed by atoms with Crippen molar-refractivity contribution in [2.24, 2.45) is 5.10 Å². The minimum absolute atomic E-state index is 0.264. The summed E-state index contributed by atoms with van der Waals surface area (Å²) in [6.45, 7) is 1.94. The van der Waals surface area contributed by atoms with Crippen LogP contribution in [0.4, 0.5) is 0 Å². The van der Waals surface area contributed by atoms with Crippen molar-refractivity contribution in [1.82, 2.24) is 10.4 Å². The summed E-state index contributed by atoms with van der Waals surface area (Å²) in [6, 6.07) is 30.0. The number of carbonyl (C=O) groups is 2. The van der Waals surface area contributed by atoms with Crippen molar-refractivity contribution in [2.75, 3.05) is 0 Å². The molecule has 0 unspecified atom stereocenters. The van der Waals surface area contributed by atoms with E-state index < -0.39 is 11.9 Å². The number of halogens is 3. The summed E-state index contributed by atoms with van der Waals surface area (Å²) in [5.74, 6) is -0.712.